The number of phosphoric ester groups is 3. The summed E-state index contributed by atoms with van der Waals surface area (Å²) in [6.45, 7) is 0.366. The highest BCUT2D eigenvalue weighted by Crippen LogP contribution is 2.61. The molecule has 0 spiro atoms. The van der Waals surface area contributed by atoms with Crippen molar-refractivity contribution in [2.75, 3.05) is 37.8 Å². The number of carboxylic acid groups (broad SMARTS) is 1. The number of fused-ring (bicyclic) bond motifs is 1. The molecular weight excluding hydrogens is 899 g/mol. The molecule has 11 N–H and O–H groups in total. The Morgan fingerprint density at radius 3 is 2.38 bits per heavy atom. The van der Waals surface area contributed by atoms with Gasteiger partial charge in [-0.15, -0.1) is 0 Å². The highest BCUT2D eigenvalue weighted by Gasteiger charge is 2.50. The zero-order valence-electron chi connectivity index (χ0n) is 32.8. The van der Waals surface area contributed by atoms with E-state index in [4.69, 9.17) is 24.6 Å². The summed E-state index contributed by atoms with van der Waals surface area (Å²) in [5.74, 6) is -2.05. The van der Waals surface area contributed by atoms with E-state index in [-0.39, 0.29) is 53.8 Å². The number of amides is 2. The first-order chi connectivity index (χ1) is 28.4. The van der Waals surface area contributed by atoms with Crippen LogP contribution < -0.4 is 16.4 Å². The van der Waals surface area contributed by atoms with Crippen molar-refractivity contribution in [2.24, 2.45) is 5.41 Å². The van der Waals surface area contributed by atoms with Gasteiger partial charge < -0.3 is 56.0 Å². The number of anilines is 1. The molecule has 344 valence electrons. The number of rotatable bonds is 27. The van der Waals surface area contributed by atoms with Crippen molar-refractivity contribution in [3.63, 3.8) is 0 Å². The molecule has 0 saturated carbocycles. The first-order valence-electron chi connectivity index (χ1n) is 18.4. The first kappa shape index (κ1) is 52.1. The zero-order chi connectivity index (χ0) is 45.6. The summed E-state index contributed by atoms with van der Waals surface area (Å²) < 4.78 is 62.2. The number of imidazole rings is 1. The van der Waals surface area contributed by atoms with Gasteiger partial charge in [0.1, 0.15) is 36.3 Å². The van der Waals surface area contributed by atoms with E-state index >= 15 is 0 Å². The first-order valence-corrected chi connectivity index (χ1v) is 23.9. The van der Waals surface area contributed by atoms with Crippen LogP contribution in [-0.4, -0.2) is 134 Å². The molecule has 2 amide bonds. The topological polar surface area (TPSA) is 401 Å². The molecule has 3 heterocycles. The molecule has 1 aliphatic rings. The maximum absolute atomic E-state index is 12.7. The number of unbranched alkanes of at least 4 members (excludes halogenated alkanes) is 4. The quantitative estimate of drug-likeness (QED) is 0.0334. The van der Waals surface area contributed by atoms with Crippen molar-refractivity contribution < 1.29 is 90.4 Å². The fourth-order valence-corrected chi connectivity index (χ4v) is 8.83. The number of phosphoric acid groups is 3. The Hall–Kier alpha value is -3.23. The normalized spacial score (nSPS) is 20.9. The molecule has 2 aromatic rings. The number of carboxylic acids is 1. The third-order valence-electron chi connectivity index (χ3n) is 8.51. The maximum atomic E-state index is 12.7. The van der Waals surface area contributed by atoms with Gasteiger partial charge in [-0.1, -0.05) is 44.5 Å². The van der Waals surface area contributed by atoms with Gasteiger partial charge in [0.15, 0.2) is 17.7 Å². The van der Waals surface area contributed by atoms with Crippen LogP contribution in [0.2, 0.25) is 0 Å². The molecule has 0 aliphatic carbocycles. The van der Waals surface area contributed by atoms with E-state index < -0.39 is 90.5 Å². The SMILES string of the molecule is CC(C)(COP(=O)(O)OP(=O)(O)OC[C@H]1O[C@@H](n2cnc3c(N)ncnc32)[C@H](O)[C@@H]1OP(=O)(O)O)[C@@H](O)C(=O)NCCC(=O)NCCSC(=O)C=CCCCCCCC(=O)O. The molecule has 2 aromatic heterocycles. The van der Waals surface area contributed by atoms with Crippen LogP contribution >= 0.6 is 35.2 Å². The number of allylic oxidation sites excluding steroid dienone is 1. The number of carbonyl (C=O) groups is 4. The Bertz CT molecular complexity index is 2000. The number of carbonyl (C=O) groups excluding carboxylic acids is 3. The van der Waals surface area contributed by atoms with Gasteiger partial charge in [-0.25, -0.2) is 28.6 Å². The van der Waals surface area contributed by atoms with Crippen molar-refractivity contribution in [1.29, 1.82) is 0 Å². The fourth-order valence-electron chi connectivity index (χ4n) is 5.40. The summed E-state index contributed by atoms with van der Waals surface area (Å²) in [5, 5.41) is 34.8. The molecule has 30 heteroatoms. The number of nitrogens with two attached hydrogens (primary N) is 1. The number of hydrogen-bond donors (Lipinski definition) is 10. The Balaban J connectivity index is 1.40. The van der Waals surface area contributed by atoms with E-state index in [9.17, 15) is 62.7 Å². The summed E-state index contributed by atoms with van der Waals surface area (Å²) in [6.07, 6.45) is 0.0682. The van der Waals surface area contributed by atoms with Gasteiger partial charge in [0.05, 0.1) is 19.5 Å². The number of aromatic nitrogens is 4. The molecule has 2 unspecified atom stereocenters. The molecule has 1 saturated heterocycles. The second kappa shape index (κ2) is 23.5. The standard InChI is InChI=1S/C31H50N7O19P3S/c1-31(2,26(44)29(45)34-12-11-20(39)33-13-14-61-22(42)10-8-6-4-3-5-7-9-21(40)41)16-54-60(51,52)57-59(49,50)53-15-19-25(56-58(46,47)48)24(43)30(55-19)38-18-37-23-27(32)35-17-36-28(23)38/h8,10,17-19,24-26,30,43-44H,3-7,9,11-16H2,1-2H3,(H,33,39)(H,34,45)(H,40,41)(H,49,50)(H,51,52)(H2,32,35,36)(H2,46,47,48)/t19-,24-,25-,26+,30-/m1/s1. The predicted octanol–water partition coefficient (Wildman–Crippen LogP) is 0.646. The summed E-state index contributed by atoms with van der Waals surface area (Å²) in [6, 6.07) is 0. The van der Waals surface area contributed by atoms with Crippen molar-refractivity contribution >= 4 is 75.1 Å². The van der Waals surface area contributed by atoms with Crippen LogP contribution in [-0.2, 0) is 55.5 Å². The van der Waals surface area contributed by atoms with Crippen LogP contribution in [0, 0.1) is 5.41 Å². The van der Waals surface area contributed by atoms with Gasteiger partial charge in [-0.3, -0.25) is 37.3 Å². The number of nitrogens with one attached hydrogen (secondary N) is 2. The van der Waals surface area contributed by atoms with Crippen molar-refractivity contribution in [2.45, 2.75) is 89.4 Å². The molecule has 61 heavy (non-hydrogen) atoms. The van der Waals surface area contributed by atoms with E-state index in [0.717, 1.165) is 48.2 Å². The highest BCUT2D eigenvalue weighted by atomic mass is 32.2. The van der Waals surface area contributed by atoms with E-state index in [1.54, 1.807) is 6.08 Å². The van der Waals surface area contributed by atoms with Crippen LogP contribution in [0.1, 0.15) is 65.0 Å². The van der Waals surface area contributed by atoms with E-state index in [2.05, 4.69) is 34.4 Å². The predicted molar refractivity (Wildman–Crippen MR) is 212 cm³/mol. The summed E-state index contributed by atoms with van der Waals surface area (Å²) >= 11 is 0.993. The molecule has 1 aliphatic heterocycles. The number of ether oxygens (including phenoxy) is 1. The number of nitrogen functional groups attached to an aromatic ring is 1. The Kier molecular flexibility index (Phi) is 20.0. The lowest BCUT2D eigenvalue weighted by molar-refractivity contribution is -0.137. The molecule has 7 atom stereocenters. The van der Waals surface area contributed by atoms with Gasteiger partial charge >= 0.3 is 29.4 Å². The van der Waals surface area contributed by atoms with Gasteiger partial charge in [-0.2, -0.15) is 4.31 Å². The second-order valence-corrected chi connectivity index (χ2v) is 19.3. The van der Waals surface area contributed by atoms with Crippen LogP contribution in [0.25, 0.3) is 11.2 Å². The zero-order valence-corrected chi connectivity index (χ0v) is 36.3. The number of thioether (sulfide) groups is 1. The lowest BCUT2D eigenvalue weighted by Crippen LogP contribution is -2.46. The van der Waals surface area contributed by atoms with Gasteiger partial charge in [0.2, 0.25) is 16.9 Å². The van der Waals surface area contributed by atoms with E-state index in [1.807, 2.05) is 0 Å². The lowest BCUT2D eigenvalue weighted by Gasteiger charge is -2.30. The minimum atomic E-state index is -5.59. The monoisotopic (exact) mass is 949 g/mol. The van der Waals surface area contributed by atoms with Crippen LogP contribution in [0.15, 0.2) is 24.8 Å². The second-order valence-electron chi connectivity index (χ2n) is 14.0. The Morgan fingerprint density at radius 2 is 1.69 bits per heavy atom. The Morgan fingerprint density at radius 1 is 1.00 bits per heavy atom. The molecule has 26 nitrogen and oxygen atoms in total. The van der Waals surface area contributed by atoms with Crippen molar-refractivity contribution in [1.82, 2.24) is 30.2 Å². The smallest absolute Gasteiger partial charge is 0.481 e. The number of hydrogen-bond acceptors (Lipinski definition) is 19. The minimum Gasteiger partial charge on any atom is -0.481 e. The molecule has 0 aromatic carbocycles. The summed E-state index contributed by atoms with van der Waals surface area (Å²) in [4.78, 5) is 98.2. The van der Waals surface area contributed by atoms with E-state index in [1.165, 1.54) is 19.9 Å². The fraction of sp³-hybridized carbons (Fsp3) is 0.645. The third-order valence-corrected chi connectivity index (χ3v) is 12.4. The number of aliphatic carboxylic acids is 1. The molecule has 1 fully saturated rings. The van der Waals surface area contributed by atoms with Gasteiger partial charge in [0.25, 0.3) is 0 Å². The average molecular weight is 950 g/mol. The Labute approximate surface area is 352 Å². The number of nitrogens with zero attached hydrogens (tertiary/aromatic N) is 4. The number of aliphatic hydroxyl groups is 2. The van der Waals surface area contributed by atoms with E-state index in [0.29, 0.717) is 12.8 Å². The molecule has 0 bridgehead atoms. The van der Waals surface area contributed by atoms with Crippen LogP contribution in [0.3, 0.4) is 0 Å². The van der Waals surface area contributed by atoms with Crippen molar-refractivity contribution in [3.8, 4) is 0 Å². The van der Waals surface area contributed by atoms with Crippen molar-refractivity contribution in [3.05, 3.63) is 24.8 Å². The van der Waals surface area contributed by atoms with Crippen LogP contribution in [0.4, 0.5) is 5.82 Å². The third kappa shape index (κ3) is 17.8. The molecule has 3 rings (SSSR count). The largest absolute Gasteiger partial charge is 0.481 e. The number of aliphatic hydroxyl groups excluding tert-OH is 2. The summed E-state index contributed by atoms with van der Waals surface area (Å²) in [7, 11) is -16.4. The summed E-state index contributed by atoms with van der Waals surface area (Å²) in [5.41, 5.74) is 4.23. The minimum absolute atomic E-state index is 0.0233. The maximum Gasteiger partial charge on any atom is 0.481 e. The van der Waals surface area contributed by atoms with Crippen LogP contribution in [0.5, 0.6) is 0 Å². The van der Waals surface area contributed by atoms with Gasteiger partial charge in [-0.05, 0) is 25.3 Å². The molecular formula is C31H50N7O19P3S. The lowest BCUT2D eigenvalue weighted by atomic mass is 9.87. The molecule has 0 radical (unpaired) electrons. The highest BCUT2D eigenvalue weighted by molar-refractivity contribution is 8.14. The average Bonchev–Trinajstić information content (AvgIpc) is 3.72. The van der Waals surface area contributed by atoms with Gasteiger partial charge in [0, 0.05) is 37.1 Å².